The molecule has 3 rings (SSSR count). The van der Waals surface area contributed by atoms with Gasteiger partial charge < -0.3 is 14.5 Å². The molecule has 5 nitrogen and oxygen atoms in total. The number of nitrogens with zero attached hydrogens (tertiary/aromatic N) is 3. The van der Waals surface area contributed by atoms with Crippen molar-refractivity contribution in [2.75, 3.05) is 11.4 Å². The van der Waals surface area contributed by atoms with Crippen LogP contribution in [0, 0.1) is 5.82 Å². The summed E-state index contributed by atoms with van der Waals surface area (Å²) in [6, 6.07) is 4.54. The topological polar surface area (TPSA) is 62.4 Å². The SMILES string of the molecule is CC(C)c1nc(CN2CCC[C@@H](O)c3cc(F)ccc32)no1. The molecule has 22 heavy (non-hydrogen) atoms. The van der Waals surface area contributed by atoms with Crippen molar-refractivity contribution in [3.63, 3.8) is 0 Å². The van der Waals surface area contributed by atoms with Crippen LogP contribution in [0.15, 0.2) is 22.7 Å². The molecule has 6 heteroatoms. The monoisotopic (exact) mass is 305 g/mol. The van der Waals surface area contributed by atoms with E-state index in [4.69, 9.17) is 4.52 Å². The quantitative estimate of drug-likeness (QED) is 0.943. The summed E-state index contributed by atoms with van der Waals surface area (Å²) in [7, 11) is 0. The van der Waals surface area contributed by atoms with Crippen LogP contribution in [0.4, 0.5) is 10.1 Å². The van der Waals surface area contributed by atoms with Gasteiger partial charge in [0.05, 0.1) is 12.6 Å². The van der Waals surface area contributed by atoms with E-state index in [1.54, 1.807) is 6.07 Å². The minimum absolute atomic E-state index is 0.189. The third-order valence-electron chi connectivity index (χ3n) is 3.90. The standard InChI is InChI=1S/C16H20FN3O2/c1-10(2)16-18-15(19-22-16)9-20-7-3-4-14(21)12-8-11(17)5-6-13(12)20/h5-6,8,10,14,21H,3-4,7,9H2,1-2H3/t14-/m1/s1. The molecule has 0 unspecified atom stereocenters. The minimum Gasteiger partial charge on any atom is -0.388 e. The first kappa shape index (κ1) is 15.0. The first-order valence-corrected chi connectivity index (χ1v) is 7.59. The molecule has 0 spiro atoms. The molecule has 0 bridgehead atoms. The van der Waals surface area contributed by atoms with Crippen molar-refractivity contribution in [2.45, 2.75) is 45.3 Å². The van der Waals surface area contributed by atoms with E-state index in [-0.39, 0.29) is 11.7 Å². The molecule has 2 heterocycles. The number of hydrogen-bond donors (Lipinski definition) is 1. The highest BCUT2D eigenvalue weighted by Crippen LogP contribution is 2.34. The lowest BCUT2D eigenvalue weighted by Gasteiger charge is -2.23. The average Bonchev–Trinajstić information content (AvgIpc) is 2.89. The van der Waals surface area contributed by atoms with Crippen LogP contribution < -0.4 is 4.90 Å². The highest BCUT2D eigenvalue weighted by Gasteiger charge is 2.23. The lowest BCUT2D eigenvalue weighted by molar-refractivity contribution is 0.168. The Bertz CT molecular complexity index is 657. The van der Waals surface area contributed by atoms with Crippen LogP contribution in [0.25, 0.3) is 0 Å². The minimum atomic E-state index is -0.632. The van der Waals surface area contributed by atoms with Gasteiger partial charge in [-0.25, -0.2) is 4.39 Å². The Balaban J connectivity index is 1.88. The van der Waals surface area contributed by atoms with E-state index in [1.165, 1.54) is 12.1 Å². The zero-order chi connectivity index (χ0) is 15.7. The molecule has 1 aromatic carbocycles. The van der Waals surface area contributed by atoms with Crippen LogP contribution in [0.1, 0.15) is 56.0 Å². The van der Waals surface area contributed by atoms with Crippen LogP contribution in [-0.2, 0) is 6.54 Å². The van der Waals surface area contributed by atoms with E-state index >= 15 is 0 Å². The number of halogens is 1. The third kappa shape index (κ3) is 2.97. The predicted molar refractivity (Wildman–Crippen MR) is 80.0 cm³/mol. The Morgan fingerprint density at radius 2 is 2.27 bits per heavy atom. The maximum atomic E-state index is 13.5. The Labute approximate surface area is 128 Å². The molecular formula is C16H20FN3O2. The van der Waals surface area contributed by atoms with Gasteiger partial charge in [-0.3, -0.25) is 0 Å². The number of aliphatic hydroxyl groups is 1. The second-order valence-corrected chi connectivity index (χ2v) is 5.99. The molecule has 1 aliphatic heterocycles. The lowest BCUT2D eigenvalue weighted by Crippen LogP contribution is -2.24. The van der Waals surface area contributed by atoms with Crippen LogP contribution in [0.2, 0.25) is 0 Å². The van der Waals surface area contributed by atoms with Crippen molar-refractivity contribution in [3.8, 4) is 0 Å². The van der Waals surface area contributed by atoms with Crippen molar-refractivity contribution in [2.24, 2.45) is 0 Å². The molecule has 1 aliphatic rings. The van der Waals surface area contributed by atoms with Gasteiger partial charge in [0.15, 0.2) is 5.82 Å². The molecule has 0 fully saturated rings. The summed E-state index contributed by atoms with van der Waals surface area (Å²) in [6.45, 7) is 5.25. The molecule has 1 atom stereocenters. The number of anilines is 1. The summed E-state index contributed by atoms with van der Waals surface area (Å²) in [4.78, 5) is 6.46. The highest BCUT2D eigenvalue weighted by molar-refractivity contribution is 5.55. The normalized spacial score (nSPS) is 18.4. The van der Waals surface area contributed by atoms with Crippen LogP contribution >= 0.6 is 0 Å². The summed E-state index contributed by atoms with van der Waals surface area (Å²) in [5, 5.41) is 14.2. The summed E-state index contributed by atoms with van der Waals surface area (Å²) in [5.74, 6) is 1.08. The first-order valence-electron chi connectivity index (χ1n) is 7.59. The second kappa shape index (κ2) is 6.04. The maximum Gasteiger partial charge on any atom is 0.229 e. The summed E-state index contributed by atoms with van der Waals surface area (Å²) >= 11 is 0. The van der Waals surface area contributed by atoms with Gasteiger partial charge in [0.1, 0.15) is 5.82 Å². The average molecular weight is 305 g/mol. The number of rotatable bonds is 3. The van der Waals surface area contributed by atoms with Crippen molar-refractivity contribution in [1.82, 2.24) is 10.1 Å². The molecule has 2 aromatic rings. The van der Waals surface area contributed by atoms with E-state index in [1.807, 2.05) is 13.8 Å². The van der Waals surface area contributed by atoms with Crippen LogP contribution in [0.5, 0.6) is 0 Å². The lowest BCUT2D eigenvalue weighted by atomic mass is 10.0. The van der Waals surface area contributed by atoms with Gasteiger partial charge in [0, 0.05) is 23.7 Å². The zero-order valence-electron chi connectivity index (χ0n) is 12.8. The summed E-state index contributed by atoms with van der Waals surface area (Å²) in [5.41, 5.74) is 1.47. The largest absolute Gasteiger partial charge is 0.388 e. The van der Waals surface area contributed by atoms with E-state index in [9.17, 15) is 9.50 Å². The number of hydrogen-bond acceptors (Lipinski definition) is 5. The van der Waals surface area contributed by atoms with E-state index in [0.717, 1.165) is 18.7 Å². The van der Waals surface area contributed by atoms with Gasteiger partial charge in [-0.15, -0.1) is 0 Å². The van der Waals surface area contributed by atoms with Gasteiger partial charge in [-0.1, -0.05) is 19.0 Å². The van der Waals surface area contributed by atoms with E-state index < -0.39 is 6.10 Å². The van der Waals surface area contributed by atoms with Crippen LogP contribution in [-0.4, -0.2) is 21.8 Å². The molecule has 118 valence electrons. The van der Waals surface area contributed by atoms with Crippen LogP contribution in [0.3, 0.4) is 0 Å². The van der Waals surface area contributed by atoms with Crippen molar-refractivity contribution >= 4 is 5.69 Å². The molecular weight excluding hydrogens is 285 g/mol. The number of aromatic nitrogens is 2. The predicted octanol–water partition coefficient (Wildman–Crippen LogP) is 3.17. The zero-order valence-corrected chi connectivity index (χ0v) is 12.8. The Morgan fingerprint density at radius 3 is 3.00 bits per heavy atom. The number of benzene rings is 1. The van der Waals surface area contributed by atoms with Crippen molar-refractivity contribution in [1.29, 1.82) is 0 Å². The number of fused-ring (bicyclic) bond motifs is 1. The van der Waals surface area contributed by atoms with E-state index in [2.05, 4.69) is 15.0 Å². The van der Waals surface area contributed by atoms with E-state index in [0.29, 0.717) is 30.2 Å². The molecule has 0 amide bonds. The van der Waals surface area contributed by atoms with Gasteiger partial charge in [0.2, 0.25) is 5.89 Å². The fraction of sp³-hybridized carbons (Fsp3) is 0.500. The first-order chi connectivity index (χ1) is 10.5. The summed E-state index contributed by atoms with van der Waals surface area (Å²) < 4.78 is 18.7. The highest BCUT2D eigenvalue weighted by atomic mass is 19.1. The fourth-order valence-corrected chi connectivity index (χ4v) is 2.73. The maximum absolute atomic E-state index is 13.5. The fourth-order valence-electron chi connectivity index (χ4n) is 2.73. The summed E-state index contributed by atoms with van der Waals surface area (Å²) in [6.07, 6.45) is 0.815. The molecule has 0 saturated carbocycles. The molecule has 1 aromatic heterocycles. The Morgan fingerprint density at radius 1 is 1.45 bits per heavy atom. The second-order valence-electron chi connectivity index (χ2n) is 5.99. The number of aliphatic hydroxyl groups excluding tert-OH is 1. The molecule has 0 radical (unpaired) electrons. The molecule has 0 saturated heterocycles. The van der Waals surface area contributed by atoms with Crippen molar-refractivity contribution in [3.05, 3.63) is 41.3 Å². The Kier molecular flexibility index (Phi) is 4.11. The van der Waals surface area contributed by atoms with Crippen molar-refractivity contribution < 1.29 is 14.0 Å². The molecule has 1 N–H and O–H groups in total. The third-order valence-corrected chi connectivity index (χ3v) is 3.90. The van der Waals surface area contributed by atoms with Gasteiger partial charge in [-0.2, -0.15) is 4.98 Å². The van der Waals surface area contributed by atoms with Gasteiger partial charge in [0.25, 0.3) is 0 Å². The molecule has 0 aliphatic carbocycles. The van der Waals surface area contributed by atoms with Gasteiger partial charge in [-0.05, 0) is 31.0 Å². The smallest absolute Gasteiger partial charge is 0.229 e. The Hall–Kier alpha value is -1.95. The van der Waals surface area contributed by atoms with Gasteiger partial charge >= 0.3 is 0 Å².